The number of hydrogen-bond donors (Lipinski definition) is 0. The molecule has 3 aliphatic heterocycles. The first-order valence-corrected chi connectivity index (χ1v) is 28.8. The largest absolute Gasteiger partial charge is 0.312 e. The molecule has 0 fully saturated rings. The number of allylic oxidation sites excluding steroid dienone is 9. The molecule has 0 spiro atoms. The summed E-state index contributed by atoms with van der Waals surface area (Å²) in [5, 5.41) is 4.63. The molecule has 2 unspecified atom stereocenters. The summed E-state index contributed by atoms with van der Waals surface area (Å²) in [5.74, 6) is 2.05. The molecule has 0 amide bonds. The SMILES string of the molecule is C=C/C=C\C=C/CC1(c2ccccc2)c2cccc3c2N2C(=C(/C=C(\CC)c4nc(-c5ccc6c(c5)c5ccccc5n6-c5ccccc5)nc(-c5ccc6c(c5)c5ccccc5n6-c5ccccc5)n4)C(C)(C)c4cccc1c42)C3C. The average Bonchev–Trinajstić information content (AvgIpc) is 1.51. The summed E-state index contributed by atoms with van der Waals surface area (Å²) < 4.78 is 4.71. The lowest BCUT2D eigenvalue weighted by molar-refractivity contribution is 0.582. The first kappa shape index (κ1) is 49.2. The van der Waals surface area contributed by atoms with E-state index in [4.69, 9.17) is 15.0 Å². The van der Waals surface area contributed by atoms with E-state index in [0.717, 1.165) is 67.3 Å². The van der Waals surface area contributed by atoms with Gasteiger partial charge in [-0.15, -0.1) is 0 Å². The Morgan fingerprint density at radius 3 is 1.63 bits per heavy atom. The molecule has 0 saturated carbocycles. The number of aromatic nitrogens is 5. The van der Waals surface area contributed by atoms with Crippen LogP contribution in [0.3, 0.4) is 0 Å². The summed E-state index contributed by atoms with van der Waals surface area (Å²) in [6.45, 7) is 13.4. The minimum atomic E-state index is -0.434. The molecule has 0 N–H and O–H groups in total. The van der Waals surface area contributed by atoms with Gasteiger partial charge in [0, 0.05) is 61.1 Å². The molecule has 6 nitrogen and oxygen atoms in total. The third kappa shape index (κ3) is 7.30. The summed E-state index contributed by atoms with van der Waals surface area (Å²) in [5.41, 5.74) is 20.7. The van der Waals surface area contributed by atoms with Crippen molar-refractivity contribution in [2.45, 2.75) is 57.3 Å². The van der Waals surface area contributed by atoms with E-state index in [1.165, 1.54) is 61.2 Å². The van der Waals surface area contributed by atoms with E-state index in [9.17, 15) is 0 Å². The van der Waals surface area contributed by atoms with Gasteiger partial charge < -0.3 is 14.0 Å². The standard InChI is InChI=1S/C76H60N6/c1-6-8-9-10-24-45-76(53-27-14-11-15-28-53)62-37-25-35-56-49(3)69-64(75(4,5)61-36-26-38-63(76)71(61)82(69)70(56)62)48-50(7-2)72-77-73(51-41-43-67-59(46-51)57-33-20-22-39-65(57)80(67)54-29-16-12-17-30-54)79-74(78-72)52-42-44-68-60(47-52)58-34-21-23-40-66(58)81(68)55-31-18-13-19-32-55/h6,8-44,46-49H,1,7,45H2,2-5H3/b9-8-,24-10-,50-48+. The summed E-state index contributed by atoms with van der Waals surface area (Å²) in [7, 11) is 0. The number of benzene rings is 9. The van der Waals surface area contributed by atoms with Gasteiger partial charge in [0.15, 0.2) is 17.5 Å². The van der Waals surface area contributed by atoms with E-state index in [-0.39, 0.29) is 5.92 Å². The van der Waals surface area contributed by atoms with Gasteiger partial charge in [-0.05, 0) is 131 Å². The van der Waals surface area contributed by atoms with Gasteiger partial charge in [0.2, 0.25) is 0 Å². The van der Waals surface area contributed by atoms with Gasteiger partial charge in [-0.1, -0.05) is 204 Å². The number of rotatable bonds is 12. The Labute approximate surface area is 478 Å². The molecule has 3 aromatic heterocycles. The summed E-state index contributed by atoms with van der Waals surface area (Å²) in [6, 6.07) is 77.3. The fourth-order valence-electron chi connectivity index (χ4n) is 14.1. The van der Waals surface area contributed by atoms with Crippen LogP contribution in [0.1, 0.15) is 80.1 Å². The van der Waals surface area contributed by atoms with Crippen molar-refractivity contribution < 1.29 is 0 Å². The van der Waals surface area contributed by atoms with E-state index < -0.39 is 10.8 Å². The van der Waals surface area contributed by atoms with Gasteiger partial charge in [-0.25, -0.2) is 15.0 Å². The Balaban J connectivity index is 0.946. The lowest BCUT2D eigenvalue weighted by atomic mass is 9.61. The van der Waals surface area contributed by atoms with E-state index >= 15 is 0 Å². The maximum absolute atomic E-state index is 5.58. The molecule has 6 heteroatoms. The molecule has 2 atom stereocenters. The molecule has 394 valence electrons. The Morgan fingerprint density at radius 1 is 0.524 bits per heavy atom. The number of anilines is 2. The van der Waals surface area contributed by atoms with Crippen LogP contribution < -0.4 is 4.90 Å². The maximum atomic E-state index is 5.58. The van der Waals surface area contributed by atoms with Crippen molar-refractivity contribution in [1.29, 1.82) is 0 Å². The van der Waals surface area contributed by atoms with Gasteiger partial charge in [0.1, 0.15) is 0 Å². The number of hydrogen-bond acceptors (Lipinski definition) is 4. The van der Waals surface area contributed by atoms with Gasteiger partial charge in [-0.3, -0.25) is 0 Å². The van der Waals surface area contributed by atoms with Crippen molar-refractivity contribution in [3.63, 3.8) is 0 Å². The highest BCUT2D eigenvalue weighted by atomic mass is 15.2. The van der Waals surface area contributed by atoms with Crippen molar-refractivity contribution in [1.82, 2.24) is 24.1 Å². The van der Waals surface area contributed by atoms with Crippen molar-refractivity contribution in [2.75, 3.05) is 4.90 Å². The molecule has 0 saturated heterocycles. The molecule has 15 rings (SSSR count). The van der Waals surface area contributed by atoms with Crippen LogP contribution in [0.2, 0.25) is 0 Å². The van der Waals surface area contributed by atoms with Gasteiger partial charge >= 0.3 is 0 Å². The quantitative estimate of drug-likeness (QED) is 0.114. The van der Waals surface area contributed by atoms with Crippen LogP contribution in [0.15, 0.2) is 267 Å². The predicted molar refractivity (Wildman–Crippen MR) is 341 cm³/mol. The molecular weight excluding hydrogens is 997 g/mol. The second kappa shape index (κ2) is 19.1. The average molecular weight is 1060 g/mol. The smallest absolute Gasteiger partial charge is 0.164 e. The zero-order valence-corrected chi connectivity index (χ0v) is 46.6. The Kier molecular flexibility index (Phi) is 11.5. The van der Waals surface area contributed by atoms with Crippen LogP contribution in [0.25, 0.3) is 83.3 Å². The predicted octanol–water partition coefficient (Wildman–Crippen LogP) is 19.0. The van der Waals surface area contributed by atoms with Crippen LogP contribution in [0, 0.1) is 0 Å². The molecule has 3 aliphatic rings. The van der Waals surface area contributed by atoms with Gasteiger partial charge in [0.25, 0.3) is 0 Å². The molecular formula is C76H60N6. The Hall–Kier alpha value is -9.91. The maximum Gasteiger partial charge on any atom is 0.164 e. The topological polar surface area (TPSA) is 51.8 Å². The minimum Gasteiger partial charge on any atom is -0.312 e. The van der Waals surface area contributed by atoms with E-state index in [2.05, 4.69) is 285 Å². The molecule has 6 heterocycles. The van der Waals surface area contributed by atoms with Crippen molar-refractivity contribution in [3.8, 4) is 34.2 Å². The Bertz CT molecular complexity index is 4530. The van der Waals surface area contributed by atoms with Crippen LogP contribution in [0.5, 0.6) is 0 Å². The first-order valence-electron chi connectivity index (χ1n) is 28.8. The van der Waals surface area contributed by atoms with Gasteiger partial charge in [-0.2, -0.15) is 0 Å². The molecule has 0 radical (unpaired) electrons. The molecule has 9 aromatic carbocycles. The van der Waals surface area contributed by atoms with Crippen molar-refractivity contribution in [2.24, 2.45) is 0 Å². The second-order valence-electron chi connectivity index (χ2n) is 22.6. The third-order valence-corrected chi connectivity index (χ3v) is 17.9. The first-order chi connectivity index (χ1) is 40.3. The van der Waals surface area contributed by atoms with Crippen LogP contribution in [0.4, 0.5) is 11.4 Å². The lowest BCUT2D eigenvalue weighted by Crippen LogP contribution is -2.41. The van der Waals surface area contributed by atoms with E-state index in [1.54, 1.807) is 0 Å². The zero-order chi connectivity index (χ0) is 55.3. The zero-order valence-electron chi connectivity index (χ0n) is 46.6. The summed E-state index contributed by atoms with van der Waals surface area (Å²) >= 11 is 0. The van der Waals surface area contributed by atoms with E-state index in [0.29, 0.717) is 23.9 Å². The minimum absolute atomic E-state index is 0.108. The summed E-state index contributed by atoms with van der Waals surface area (Å²) in [4.78, 5) is 19.3. The molecule has 0 bridgehead atoms. The lowest BCUT2D eigenvalue weighted by Gasteiger charge is -2.50. The van der Waals surface area contributed by atoms with Crippen molar-refractivity contribution in [3.05, 3.63) is 300 Å². The van der Waals surface area contributed by atoms with Gasteiger partial charge in [0.05, 0.1) is 38.9 Å². The number of para-hydroxylation sites is 6. The monoisotopic (exact) mass is 1060 g/mol. The number of fused-ring (bicyclic) bond motifs is 6. The van der Waals surface area contributed by atoms with E-state index in [1.807, 2.05) is 12.2 Å². The summed E-state index contributed by atoms with van der Waals surface area (Å²) in [6.07, 6.45) is 14.4. The Morgan fingerprint density at radius 2 is 1.05 bits per heavy atom. The third-order valence-electron chi connectivity index (χ3n) is 17.9. The highest BCUT2D eigenvalue weighted by Crippen LogP contribution is 2.66. The van der Waals surface area contributed by atoms with Crippen LogP contribution in [-0.2, 0) is 10.8 Å². The van der Waals surface area contributed by atoms with Crippen LogP contribution >= 0.6 is 0 Å². The highest BCUT2D eigenvalue weighted by Gasteiger charge is 2.54. The highest BCUT2D eigenvalue weighted by molar-refractivity contribution is 6.11. The fourth-order valence-corrected chi connectivity index (χ4v) is 14.1. The number of nitrogens with zero attached hydrogens (tertiary/aromatic N) is 6. The molecule has 0 aliphatic carbocycles. The normalized spacial score (nSPS) is 17.1. The second-order valence-corrected chi connectivity index (χ2v) is 22.6. The molecule has 82 heavy (non-hydrogen) atoms. The fraction of sp³-hybridized carbons (Fsp3) is 0.118. The van der Waals surface area contributed by atoms with Crippen LogP contribution in [-0.4, -0.2) is 24.1 Å². The molecule has 12 aromatic rings. The van der Waals surface area contributed by atoms with Crippen molar-refractivity contribution >= 4 is 60.6 Å².